The first-order valence-corrected chi connectivity index (χ1v) is 21.0. The van der Waals surface area contributed by atoms with Gasteiger partial charge in [-0.25, -0.2) is 24.9 Å². The molecule has 0 fully saturated rings. The van der Waals surface area contributed by atoms with Crippen molar-refractivity contribution in [2.45, 2.75) is 0 Å². The second kappa shape index (κ2) is 15.1. The number of para-hydroxylation sites is 2. The molecule has 0 saturated heterocycles. The van der Waals surface area contributed by atoms with Crippen LogP contribution in [-0.4, -0.2) is 24.9 Å². The first kappa shape index (κ1) is 36.3. The summed E-state index contributed by atoms with van der Waals surface area (Å²) >= 11 is 0. The van der Waals surface area contributed by atoms with E-state index >= 15 is 0 Å². The third-order valence-corrected chi connectivity index (χ3v) is 11.8. The molecule has 0 atom stereocenters. The van der Waals surface area contributed by atoms with E-state index in [1.807, 2.05) is 66.7 Å². The van der Waals surface area contributed by atoms with Crippen molar-refractivity contribution in [3.63, 3.8) is 0 Å². The van der Waals surface area contributed by atoms with Crippen molar-refractivity contribution >= 4 is 44.0 Å². The first-order valence-electron chi connectivity index (χ1n) is 21.0. The number of hydrogen-bond acceptors (Lipinski definition) is 6. The summed E-state index contributed by atoms with van der Waals surface area (Å²) in [6.45, 7) is 0. The number of aromatic nitrogens is 5. The van der Waals surface area contributed by atoms with Crippen molar-refractivity contribution in [1.82, 2.24) is 24.9 Å². The van der Waals surface area contributed by atoms with Crippen LogP contribution in [-0.2, 0) is 0 Å². The summed E-state index contributed by atoms with van der Waals surface area (Å²) in [7, 11) is 0. The molecule has 9 aromatic carbocycles. The summed E-state index contributed by atoms with van der Waals surface area (Å²) in [5.41, 5.74) is 15.8. The number of furan rings is 1. The fourth-order valence-corrected chi connectivity index (χ4v) is 8.46. The van der Waals surface area contributed by atoms with Gasteiger partial charge in [-0.2, -0.15) is 0 Å². The minimum Gasteiger partial charge on any atom is -0.436 e. The number of hydrogen-bond donors (Lipinski definition) is 0. The van der Waals surface area contributed by atoms with Crippen LogP contribution in [0, 0.1) is 0 Å². The summed E-state index contributed by atoms with van der Waals surface area (Å²) in [4.78, 5) is 24.5. The van der Waals surface area contributed by atoms with Gasteiger partial charge in [0.1, 0.15) is 11.1 Å². The number of fused-ring (bicyclic) bond motifs is 6. The lowest BCUT2D eigenvalue weighted by Crippen LogP contribution is -2.00. The van der Waals surface area contributed by atoms with Gasteiger partial charge in [0.2, 0.25) is 5.71 Å². The molecular formula is C57H35N5O. The third-order valence-electron chi connectivity index (χ3n) is 11.8. The van der Waals surface area contributed by atoms with Gasteiger partial charge in [-0.3, -0.25) is 0 Å². The highest BCUT2D eigenvalue weighted by molar-refractivity contribution is 6.18. The molecule has 3 aromatic heterocycles. The van der Waals surface area contributed by atoms with Crippen LogP contribution >= 0.6 is 0 Å². The summed E-state index contributed by atoms with van der Waals surface area (Å²) in [5, 5.41) is 3.23. The van der Waals surface area contributed by atoms with Gasteiger partial charge in [0.15, 0.2) is 17.5 Å². The Hall–Kier alpha value is -8.61. The fourth-order valence-electron chi connectivity index (χ4n) is 8.46. The lowest BCUT2D eigenvalue weighted by Gasteiger charge is -2.10. The molecule has 12 aromatic rings. The van der Waals surface area contributed by atoms with Crippen molar-refractivity contribution in [1.29, 1.82) is 0 Å². The van der Waals surface area contributed by atoms with E-state index in [-0.39, 0.29) is 0 Å². The maximum absolute atomic E-state index is 6.16. The SMILES string of the molecule is c1ccc(-c2ccc(-c3nc(-c4ccccc4)nc(-c4ccc(-c5ccc(-c6ccc(-c7ccc8c(ccc9oc%10nc%11ccccc%11nc%10c98)c7)cc6)cc5)cc4)n3)cc2)cc1. The molecule has 0 radical (unpaired) electrons. The molecule has 0 aliphatic carbocycles. The average molecular weight is 806 g/mol. The molecule has 6 nitrogen and oxygen atoms in total. The van der Waals surface area contributed by atoms with Crippen LogP contribution in [0.1, 0.15) is 0 Å². The van der Waals surface area contributed by atoms with Crippen LogP contribution in [0.5, 0.6) is 0 Å². The Kier molecular flexibility index (Phi) is 8.71. The molecule has 6 heteroatoms. The molecule has 3 heterocycles. The summed E-state index contributed by atoms with van der Waals surface area (Å²) in [6, 6.07) is 73.5. The van der Waals surface area contributed by atoms with Crippen LogP contribution in [0.2, 0.25) is 0 Å². The van der Waals surface area contributed by atoms with Crippen LogP contribution in [0.4, 0.5) is 0 Å². The number of nitrogens with zero attached hydrogens (tertiary/aromatic N) is 5. The largest absolute Gasteiger partial charge is 0.436 e. The van der Waals surface area contributed by atoms with E-state index in [0.717, 1.165) is 93.9 Å². The monoisotopic (exact) mass is 805 g/mol. The molecule has 0 aliphatic heterocycles. The van der Waals surface area contributed by atoms with Gasteiger partial charge in [-0.05, 0) is 79.5 Å². The highest BCUT2D eigenvalue weighted by atomic mass is 16.3. The molecule has 0 bridgehead atoms. The van der Waals surface area contributed by atoms with Gasteiger partial charge >= 0.3 is 0 Å². The van der Waals surface area contributed by atoms with Gasteiger partial charge in [0, 0.05) is 16.7 Å². The van der Waals surface area contributed by atoms with E-state index in [2.05, 4.69) is 146 Å². The lowest BCUT2D eigenvalue weighted by atomic mass is 9.96. The highest BCUT2D eigenvalue weighted by Gasteiger charge is 2.16. The van der Waals surface area contributed by atoms with E-state index in [0.29, 0.717) is 23.2 Å². The second-order valence-corrected chi connectivity index (χ2v) is 15.7. The average Bonchev–Trinajstić information content (AvgIpc) is 3.74. The molecule has 0 unspecified atom stereocenters. The quantitative estimate of drug-likeness (QED) is 0.160. The summed E-state index contributed by atoms with van der Waals surface area (Å²) in [6.07, 6.45) is 0. The molecular weight excluding hydrogens is 771 g/mol. The Labute approximate surface area is 362 Å². The van der Waals surface area contributed by atoms with Crippen molar-refractivity contribution in [2.24, 2.45) is 0 Å². The predicted octanol–water partition coefficient (Wildman–Crippen LogP) is 14.5. The van der Waals surface area contributed by atoms with Crippen LogP contribution in [0.15, 0.2) is 217 Å². The highest BCUT2D eigenvalue weighted by Crippen LogP contribution is 2.37. The van der Waals surface area contributed by atoms with E-state index in [9.17, 15) is 0 Å². The topological polar surface area (TPSA) is 77.6 Å². The van der Waals surface area contributed by atoms with Gasteiger partial charge in [0.05, 0.1) is 16.4 Å². The Bertz CT molecular complexity index is 3620. The molecule has 63 heavy (non-hydrogen) atoms. The van der Waals surface area contributed by atoms with Crippen molar-refractivity contribution < 1.29 is 4.42 Å². The zero-order valence-corrected chi connectivity index (χ0v) is 33.9. The Morgan fingerprint density at radius 3 is 1.17 bits per heavy atom. The Balaban J connectivity index is 0.790. The van der Waals surface area contributed by atoms with E-state index < -0.39 is 0 Å². The van der Waals surface area contributed by atoms with E-state index in [1.165, 1.54) is 5.56 Å². The molecule has 0 amide bonds. The standard InChI is InChI=1S/C57H35N5O/c1-3-9-36(10-4-1)37-23-27-44(28-24-37)55-60-54(43-11-5-2-6-12-43)61-56(62-55)45-29-25-41(26-30-45)39-17-15-38(16-18-39)40-19-21-42(22-20-40)46-31-33-48-47(35-46)32-34-51-52(48)53-57(63-51)59-50-14-8-7-13-49(50)58-53/h1-35H. The zero-order chi connectivity index (χ0) is 41.7. The van der Waals surface area contributed by atoms with Crippen molar-refractivity contribution in [3.05, 3.63) is 212 Å². The summed E-state index contributed by atoms with van der Waals surface area (Å²) in [5.74, 6) is 1.91. The Morgan fingerprint density at radius 1 is 0.286 bits per heavy atom. The minimum absolute atomic E-state index is 0.562. The van der Waals surface area contributed by atoms with Gasteiger partial charge in [-0.15, -0.1) is 0 Å². The molecule has 12 rings (SSSR count). The Morgan fingerprint density at radius 2 is 0.667 bits per heavy atom. The maximum atomic E-state index is 6.16. The number of benzene rings is 9. The predicted molar refractivity (Wildman–Crippen MR) is 256 cm³/mol. The van der Waals surface area contributed by atoms with E-state index in [1.54, 1.807) is 0 Å². The molecule has 294 valence electrons. The van der Waals surface area contributed by atoms with E-state index in [4.69, 9.17) is 29.3 Å². The normalized spacial score (nSPS) is 11.5. The molecule has 0 N–H and O–H groups in total. The second-order valence-electron chi connectivity index (χ2n) is 15.7. The van der Waals surface area contributed by atoms with Crippen LogP contribution in [0.3, 0.4) is 0 Å². The van der Waals surface area contributed by atoms with Gasteiger partial charge in [0.25, 0.3) is 0 Å². The third kappa shape index (κ3) is 6.76. The first-order chi connectivity index (χ1) is 31.2. The minimum atomic E-state index is 0.562. The molecule has 0 aliphatic rings. The maximum Gasteiger partial charge on any atom is 0.246 e. The van der Waals surface area contributed by atoms with Crippen molar-refractivity contribution in [3.8, 4) is 78.7 Å². The van der Waals surface area contributed by atoms with Crippen LogP contribution in [0.25, 0.3) is 123 Å². The smallest absolute Gasteiger partial charge is 0.246 e. The zero-order valence-electron chi connectivity index (χ0n) is 33.9. The summed E-state index contributed by atoms with van der Waals surface area (Å²) < 4.78 is 6.16. The number of rotatable bonds is 7. The molecule has 0 saturated carbocycles. The fraction of sp³-hybridized carbons (Fsp3) is 0. The lowest BCUT2D eigenvalue weighted by molar-refractivity contribution is 0.655. The van der Waals surface area contributed by atoms with Crippen LogP contribution < -0.4 is 0 Å². The molecule has 0 spiro atoms. The van der Waals surface area contributed by atoms with Gasteiger partial charge < -0.3 is 4.42 Å². The van der Waals surface area contributed by atoms with Crippen molar-refractivity contribution in [2.75, 3.05) is 0 Å². The van der Waals surface area contributed by atoms with Gasteiger partial charge in [-0.1, -0.05) is 188 Å².